The molecule has 2 N–H and O–H groups in total. The summed E-state index contributed by atoms with van der Waals surface area (Å²) in [6.45, 7) is 1.91. The SMILES string of the molecule is C#CCC(C)Nc1cc(C(=O)O)c(Br)cn1. The number of aromatic nitrogens is 1. The van der Waals surface area contributed by atoms with Gasteiger partial charge in [-0.1, -0.05) is 0 Å². The Kier molecular flexibility index (Phi) is 4.32. The molecule has 0 aliphatic carbocycles. The first-order chi connectivity index (χ1) is 7.54. The molecule has 1 rings (SSSR count). The topological polar surface area (TPSA) is 62.2 Å². The van der Waals surface area contributed by atoms with Crippen molar-refractivity contribution in [1.29, 1.82) is 0 Å². The van der Waals surface area contributed by atoms with Crippen LogP contribution in [0.1, 0.15) is 23.7 Å². The van der Waals surface area contributed by atoms with Gasteiger partial charge >= 0.3 is 5.97 Å². The summed E-state index contributed by atoms with van der Waals surface area (Å²) in [7, 11) is 0. The molecule has 0 spiro atoms. The molecule has 0 fully saturated rings. The van der Waals surface area contributed by atoms with E-state index in [1.54, 1.807) is 0 Å². The van der Waals surface area contributed by atoms with Crippen LogP contribution in [0.25, 0.3) is 0 Å². The highest BCUT2D eigenvalue weighted by molar-refractivity contribution is 9.10. The third-order valence-corrected chi connectivity index (χ3v) is 2.54. The third-order valence-electron chi connectivity index (χ3n) is 1.90. The Hall–Kier alpha value is -1.54. The number of carboxylic acid groups (broad SMARTS) is 1. The van der Waals surface area contributed by atoms with E-state index in [0.29, 0.717) is 16.7 Å². The van der Waals surface area contributed by atoms with Crippen LogP contribution in [0.5, 0.6) is 0 Å². The Balaban J connectivity index is 2.87. The van der Waals surface area contributed by atoms with Crippen molar-refractivity contribution in [1.82, 2.24) is 4.98 Å². The zero-order chi connectivity index (χ0) is 12.1. The number of anilines is 1. The Morgan fingerprint density at radius 2 is 2.50 bits per heavy atom. The van der Waals surface area contributed by atoms with Crippen molar-refractivity contribution in [3.05, 3.63) is 22.3 Å². The van der Waals surface area contributed by atoms with E-state index in [1.807, 2.05) is 6.92 Å². The highest BCUT2D eigenvalue weighted by Crippen LogP contribution is 2.19. The Bertz CT molecular complexity index is 440. The van der Waals surface area contributed by atoms with Gasteiger partial charge in [0.2, 0.25) is 0 Å². The highest BCUT2D eigenvalue weighted by Gasteiger charge is 2.10. The average molecular weight is 283 g/mol. The number of terminal acetylenes is 1. The zero-order valence-corrected chi connectivity index (χ0v) is 10.3. The molecule has 16 heavy (non-hydrogen) atoms. The lowest BCUT2D eigenvalue weighted by molar-refractivity contribution is 0.0696. The van der Waals surface area contributed by atoms with Crippen LogP contribution in [0, 0.1) is 12.3 Å². The molecule has 1 aromatic heterocycles. The predicted molar refractivity (Wildman–Crippen MR) is 65.4 cm³/mol. The molecule has 1 atom stereocenters. The smallest absolute Gasteiger partial charge is 0.337 e. The van der Waals surface area contributed by atoms with Crippen LogP contribution >= 0.6 is 15.9 Å². The van der Waals surface area contributed by atoms with Gasteiger partial charge in [0.15, 0.2) is 0 Å². The maximum absolute atomic E-state index is 10.9. The minimum Gasteiger partial charge on any atom is -0.478 e. The fourth-order valence-corrected chi connectivity index (χ4v) is 1.55. The number of carbonyl (C=O) groups is 1. The lowest BCUT2D eigenvalue weighted by Gasteiger charge is -2.12. The molecule has 0 saturated carbocycles. The molecule has 4 nitrogen and oxygen atoms in total. The number of nitrogens with zero attached hydrogens (tertiary/aromatic N) is 1. The molecule has 1 unspecified atom stereocenters. The number of rotatable bonds is 4. The van der Waals surface area contributed by atoms with Crippen molar-refractivity contribution in [2.45, 2.75) is 19.4 Å². The first-order valence-electron chi connectivity index (χ1n) is 4.63. The molecule has 1 aromatic rings. The van der Waals surface area contributed by atoms with Gasteiger partial charge in [0, 0.05) is 18.7 Å². The average Bonchev–Trinajstić information content (AvgIpc) is 2.21. The van der Waals surface area contributed by atoms with Gasteiger partial charge in [0.25, 0.3) is 0 Å². The number of halogens is 1. The maximum Gasteiger partial charge on any atom is 0.337 e. The van der Waals surface area contributed by atoms with Crippen molar-refractivity contribution in [3.8, 4) is 12.3 Å². The second-order valence-corrected chi connectivity index (χ2v) is 4.16. The first-order valence-corrected chi connectivity index (χ1v) is 5.42. The first kappa shape index (κ1) is 12.5. The van der Waals surface area contributed by atoms with Crippen molar-refractivity contribution in [2.75, 3.05) is 5.32 Å². The van der Waals surface area contributed by atoms with Gasteiger partial charge in [-0.2, -0.15) is 0 Å². The standard InChI is InChI=1S/C11H11BrN2O2/c1-3-4-7(2)14-10-5-8(11(15)16)9(12)6-13-10/h1,5-7H,4H2,2H3,(H,13,14)(H,15,16). The predicted octanol–water partition coefficient (Wildman–Crippen LogP) is 2.37. The molecule has 0 aromatic carbocycles. The summed E-state index contributed by atoms with van der Waals surface area (Å²) < 4.78 is 0.454. The normalized spacial score (nSPS) is 11.6. The van der Waals surface area contributed by atoms with Gasteiger partial charge in [-0.05, 0) is 28.9 Å². The molecule has 0 aliphatic rings. The van der Waals surface area contributed by atoms with Gasteiger partial charge in [0.05, 0.1) is 10.0 Å². The van der Waals surface area contributed by atoms with Crippen LogP contribution in [0.15, 0.2) is 16.7 Å². The fourth-order valence-electron chi connectivity index (χ4n) is 1.16. The lowest BCUT2D eigenvalue weighted by Crippen LogP contribution is -2.15. The Morgan fingerprint density at radius 3 is 3.06 bits per heavy atom. The molecule has 0 amide bonds. The van der Waals surface area contributed by atoms with Crippen molar-refractivity contribution < 1.29 is 9.90 Å². The van der Waals surface area contributed by atoms with Crippen LogP contribution < -0.4 is 5.32 Å². The van der Waals surface area contributed by atoms with Gasteiger partial charge < -0.3 is 10.4 Å². The molecular weight excluding hydrogens is 272 g/mol. The van der Waals surface area contributed by atoms with Crippen LogP contribution in [0.3, 0.4) is 0 Å². The van der Waals surface area contributed by atoms with E-state index < -0.39 is 5.97 Å². The largest absolute Gasteiger partial charge is 0.478 e. The minimum atomic E-state index is -0.998. The molecule has 0 aliphatic heterocycles. The maximum atomic E-state index is 10.9. The summed E-state index contributed by atoms with van der Waals surface area (Å²) in [6.07, 6.45) is 7.18. The van der Waals surface area contributed by atoms with Crippen LogP contribution in [-0.4, -0.2) is 22.1 Å². The Morgan fingerprint density at radius 1 is 1.81 bits per heavy atom. The van der Waals surface area contributed by atoms with E-state index in [2.05, 4.69) is 32.2 Å². The fraction of sp³-hybridized carbons (Fsp3) is 0.273. The van der Waals surface area contributed by atoms with Crippen LogP contribution in [-0.2, 0) is 0 Å². The molecular formula is C11H11BrN2O2. The second kappa shape index (κ2) is 5.52. The van der Waals surface area contributed by atoms with Gasteiger partial charge in [0.1, 0.15) is 5.82 Å². The molecule has 1 heterocycles. The molecule has 0 radical (unpaired) electrons. The van der Waals surface area contributed by atoms with E-state index >= 15 is 0 Å². The second-order valence-electron chi connectivity index (χ2n) is 3.31. The summed E-state index contributed by atoms with van der Waals surface area (Å²) in [5, 5.41) is 11.9. The van der Waals surface area contributed by atoms with E-state index in [4.69, 9.17) is 11.5 Å². The van der Waals surface area contributed by atoms with Gasteiger partial charge in [-0.25, -0.2) is 9.78 Å². The molecule has 0 bridgehead atoms. The Labute approximate surface area is 102 Å². The molecule has 0 saturated heterocycles. The summed E-state index contributed by atoms with van der Waals surface area (Å²) >= 11 is 3.12. The number of nitrogens with one attached hydrogen (secondary N) is 1. The third kappa shape index (κ3) is 3.24. The number of carboxylic acids is 1. The summed E-state index contributed by atoms with van der Waals surface area (Å²) in [5.74, 6) is 2.03. The number of aromatic carboxylic acids is 1. The van der Waals surface area contributed by atoms with Crippen LogP contribution in [0.2, 0.25) is 0 Å². The number of hydrogen-bond acceptors (Lipinski definition) is 3. The molecule has 5 heteroatoms. The van der Waals surface area contributed by atoms with E-state index in [0.717, 1.165) is 0 Å². The summed E-state index contributed by atoms with van der Waals surface area (Å²) in [5.41, 5.74) is 0.172. The minimum absolute atomic E-state index is 0.0559. The number of hydrogen-bond donors (Lipinski definition) is 2. The van der Waals surface area contributed by atoms with E-state index in [-0.39, 0.29) is 11.6 Å². The summed E-state index contributed by atoms with van der Waals surface area (Å²) in [6, 6.07) is 1.53. The lowest BCUT2D eigenvalue weighted by atomic mass is 10.2. The zero-order valence-electron chi connectivity index (χ0n) is 8.70. The van der Waals surface area contributed by atoms with Gasteiger partial charge in [-0.3, -0.25) is 0 Å². The highest BCUT2D eigenvalue weighted by atomic mass is 79.9. The van der Waals surface area contributed by atoms with Gasteiger partial charge in [-0.15, -0.1) is 12.3 Å². The van der Waals surface area contributed by atoms with E-state index in [9.17, 15) is 4.79 Å². The quantitative estimate of drug-likeness (QED) is 0.833. The number of pyridine rings is 1. The van der Waals surface area contributed by atoms with Crippen molar-refractivity contribution in [2.24, 2.45) is 0 Å². The van der Waals surface area contributed by atoms with Crippen molar-refractivity contribution in [3.63, 3.8) is 0 Å². The molecule has 84 valence electrons. The van der Waals surface area contributed by atoms with E-state index in [1.165, 1.54) is 12.3 Å². The van der Waals surface area contributed by atoms with Crippen molar-refractivity contribution >= 4 is 27.7 Å². The summed E-state index contributed by atoms with van der Waals surface area (Å²) in [4.78, 5) is 14.9. The monoisotopic (exact) mass is 282 g/mol. The van der Waals surface area contributed by atoms with Crippen LogP contribution in [0.4, 0.5) is 5.82 Å².